The summed E-state index contributed by atoms with van der Waals surface area (Å²) in [6, 6.07) is 23.9. The van der Waals surface area contributed by atoms with Crippen molar-refractivity contribution in [2.75, 3.05) is 18.5 Å². The summed E-state index contributed by atoms with van der Waals surface area (Å²) < 4.78 is 5.83. The lowest BCUT2D eigenvalue weighted by molar-refractivity contribution is 0.332. The van der Waals surface area contributed by atoms with Gasteiger partial charge in [-0.1, -0.05) is 54.6 Å². The number of ether oxygens (including phenoxy) is 1. The maximum Gasteiger partial charge on any atom is 0.193 e. The van der Waals surface area contributed by atoms with Crippen LogP contribution in [-0.4, -0.2) is 19.1 Å². The summed E-state index contributed by atoms with van der Waals surface area (Å²) >= 11 is 0. The van der Waals surface area contributed by atoms with E-state index in [9.17, 15) is 0 Å². The number of hydrogen-bond acceptors (Lipinski definition) is 2. The van der Waals surface area contributed by atoms with Crippen molar-refractivity contribution in [2.45, 2.75) is 0 Å². The lowest BCUT2D eigenvalue weighted by Crippen LogP contribution is -2.23. The van der Waals surface area contributed by atoms with Crippen molar-refractivity contribution >= 4 is 22.4 Å². The highest BCUT2D eigenvalue weighted by atomic mass is 16.5. The van der Waals surface area contributed by atoms with Crippen molar-refractivity contribution in [3.8, 4) is 5.75 Å². The van der Waals surface area contributed by atoms with Gasteiger partial charge in [0.05, 0.1) is 6.54 Å². The average molecular weight is 305 g/mol. The number of benzene rings is 3. The first kappa shape index (κ1) is 14.9. The van der Waals surface area contributed by atoms with Gasteiger partial charge in [0.15, 0.2) is 5.96 Å². The number of nitrogens with two attached hydrogens (primary N) is 1. The topological polar surface area (TPSA) is 59.6 Å². The summed E-state index contributed by atoms with van der Waals surface area (Å²) in [5, 5.41) is 5.31. The fourth-order valence-corrected chi connectivity index (χ4v) is 2.35. The molecule has 23 heavy (non-hydrogen) atoms. The van der Waals surface area contributed by atoms with E-state index in [1.807, 2.05) is 54.6 Å². The van der Waals surface area contributed by atoms with E-state index in [-0.39, 0.29) is 0 Å². The number of para-hydroxylation sites is 1. The summed E-state index contributed by atoms with van der Waals surface area (Å²) in [6.45, 7) is 0.972. The zero-order valence-corrected chi connectivity index (χ0v) is 12.8. The Morgan fingerprint density at radius 1 is 0.913 bits per heavy atom. The molecule has 0 amide bonds. The molecule has 0 unspecified atom stereocenters. The van der Waals surface area contributed by atoms with Gasteiger partial charge in [0.2, 0.25) is 0 Å². The first-order valence-electron chi connectivity index (χ1n) is 7.55. The fourth-order valence-electron chi connectivity index (χ4n) is 2.35. The minimum Gasteiger partial charge on any atom is -0.491 e. The number of guanidine groups is 1. The third kappa shape index (κ3) is 4.01. The van der Waals surface area contributed by atoms with Gasteiger partial charge in [0, 0.05) is 11.1 Å². The van der Waals surface area contributed by atoms with Gasteiger partial charge < -0.3 is 15.8 Å². The van der Waals surface area contributed by atoms with Gasteiger partial charge in [0.25, 0.3) is 0 Å². The van der Waals surface area contributed by atoms with Crippen LogP contribution in [0.15, 0.2) is 77.8 Å². The zero-order chi connectivity index (χ0) is 15.9. The van der Waals surface area contributed by atoms with Crippen molar-refractivity contribution < 1.29 is 4.74 Å². The number of hydrogen-bond donors (Lipinski definition) is 2. The number of aliphatic imine (C=N–C) groups is 1. The highest BCUT2D eigenvalue weighted by molar-refractivity contribution is 5.92. The van der Waals surface area contributed by atoms with Crippen molar-refractivity contribution in [2.24, 2.45) is 10.7 Å². The van der Waals surface area contributed by atoms with Gasteiger partial charge in [-0.05, 0) is 23.6 Å². The van der Waals surface area contributed by atoms with Crippen molar-refractivity contribution in [3.05, 3.63) is 72.8 Å². The largest absolute Gasteiger partial charge is 0.491 e. The van der Waals surface area contributed by atoms with Crippen LogP contribution in [0.25, 0.3) is 10.8 Å². The Morgan fingerprint density at radius 3 is 2.52 bits per heavy atom. The van der Waals surface area contributed by atoms with Gasteiger partial charge in [0.1, 0.15) is 12.4 Å². The smallest absolute Gasteiger partial charge is 0.193 e. The van der Waals surface area contributed by atoms with E-state index in [2.05, 4.69) is 28.5 Å². The number of anilines is 1. The molecular weight excluding hydrogens is 286 g/mol. The summed E-state index contributed by atoms with van der Waals surface area (Å²) in [5.41, 5.74) is 6.78. The summed E-state index contributed by atoms with van der Waals surface area (Å²) in [7, 11) is 0. The van der Waals surface area contributed by atoms with E-state index >= 15 is 0 Å². The lowest BCUT2D eigenvalue weighted by atomic mass is 10.1. The molecule has 3 aromatic rings. The van der Waals surface area contributed by atoms with Crippen LogP contribution in [0, 0.1) is 0 Å². The summed E-state index contributed by atoms with van der Waals surface area (Å²) in [4.78, 5) is 4.27. The van der Waals surface area contributed by atoms with Crippen LogP contribution in [0.2, 0.25) is 0 Å². The lowest BCUT2D eigenvalue weighted by Gasteiger charge is -2.09. The van der Waals surface area contributed by atoms with E-state index in [1.54, 1.807) is 0 Å². The molecule has 116 valence electrons. The van der Waals surface area contributed by atoms with Gasteiger partial charge in [-0.3, -0.25) is 0 Å². The molecular formula is C19H19N3O. The first-order valence-corrected chi connectivity index (χ1v) is 7.55. The second kappa shape index (κ2) is 7.31. The molecule has 4 nitrogen and oxygen atoms in total. The Hall–Kier alpha value is -3.01. The van der Waals surface area contributed by atoms with E-state index in [0.717, 1.165) is 16.8 Å². The van der Waals surface area contributed by atoms with Crippen LogP contribution in [0.3, 0.4) is 0 Å². The first-order chi connectivity index (χ1) is 11.3. The zero-order valence-electron chi connectivity index (χ0n) is 12.8. The monoisotopic (exact) mass is 305 g/mol. The number of rotatable bonds is 5. The molecule has 0 fully saturated rings. The van der Waals surface area contributed by atoms with Crippen molar-refractivity contribution in [1.82, 2.24) is 0 Å². The second-order valence-corrected chi connectivity index (χ2v) is 5.08. The molecule has 4 heteroatoms. The molecule has 0 saturated carbocycles. The Balaban J connectivity index is 1.55. The van der Waals surface area contributed by atoms with Crippen LogP contribution in [0.5, 0.6) is 5.75 Å². The minimum absolute atomic E-state index is 0.387. The van der Waals surface area contributed by atoms with E-state index in [0.29, 0.717) is 19.1 Å². The van der Waals surface area contributed by atoms with Gasteiger partial charge in [-0.25, -0.2) is 4.99 Å². The number of fused-ring (bicyclic) bond motifs is 1. The molecule has 0 bridgehead atoms. The normalized spacial score (nSPS) is 11.4. The third-order valence-corrected chi connectivity index (χ3v) is 3.43. The van der Waals surface area contributed by atoms with Crippen LogP contribution >= 0.6 is 0 Å². The Bertz CT molecular complexity index is 795. The van der Waals surface area contributed by atoms with Crippen LogP contribution in [0.1, 0.15) is 0 Å². The second-order valence-electron chi connectivity index (χ2n) is 5.08. The van der Waals surface area contributed by atoms with Crippen molar-refractivity contribution in [1.29, 1.82) is 0 Å². The summed E-state index contributed by atoms with van der Waals surface area (Å²) in [6.07, 6.45) is 0. The summed E-state index contributed by atoms with van der Waals surface area (Å²) in [5.74, 6) is 1.26. The molecule has 0 spiro atoms. The molecule has 3 rings (SSSR count). The third-order valence-electron chi connectivity index (χ3n) is 3.43. The molecule has 0 heterocycles. The molecule has 0 aliphatic rings. The van der Waals surface area contributed by atoms with E-state index < -0.39 is 0 Å². The van der Waals surface area contributed by atoms with Gasteiger partial charge in [-0.15, -0.1) is 0 Å². The number of nitrogens with one attached hydrogen (secondary N) is 1. The quantitative estimate of drug-likeness (QED) is 0.430. The molecule has 3 N–H and O–H groups in total. The predicted octanol–water partition coefficient (Wildman–Crippen LogP) is 3.65. The Kier molecular flexibility index (Phi) is 4.74. The Morgan fingerprint density at radius 2 is 1.65 bits per heavy atom. The molecule has 0 aliphatic carbocycles. The molecule has 0 aliphatic heterocycles. The molecule has 0 saturated heterocycles. The number of nitrogens with zero attached hydrogens (tertiary/aromatic N) is 1. The fraction of sp³-hybridized carbons (Fsp3) is 0.105. The average Bonchev–Trinajstić information content (AvgIpc) is 2.60. The highest BCUT2D eigenvalue weighted by Crippen LogP contribution is 2.24. The Labute approximate surface area is 135 Å². The van der Waals surface area contributed by atoms with Gasteiger partial charge >= 0.3 is 0 Å². The predicted molar refractivity (Wildman–Crippen MR) is 96.0 cm³/mol. The molecule has 3 aromatic carbocycles. The molecule has 0 radical (unpaired) electrons. The highest BCUT2D eigenvalue weighted by Gasteiger charge is 2.00. The van der Waals surface area contributed by atoms with E-state index in [1.165, 1.54) is 5.39 Å². The van der Waals surface area contributed by atoms with E-state index in [4.69, 9.17) is 10.5 Å². The SMILES string of the molecule is NC(=NCCOc1cccc2ccccc12)Nc1ccccc1. The molecule has 0 aromatic heterocycles. The standard InChI is InChI=1S/C19H19N3O/c20-19(22-16-9-2-1-3-10-16)21-13-14-23-18-12-6-8-15-7-4-5-11-17(15)18/h1-12H,13-14H2,(H3,20,21,22). The van der Waals surface area contributed by atoms with Crippen molar-refractivity contribution in [3.63, 3.8) is 0 Å². The minimum atomic E-state index is 0.387. The van der Waals surface area contributed by atoms with Crippen LogP contribution < -0.4 is 15.8 Å². The van der Waals surface area contributed by atoms with Gasteiger partial charge in [-0.2, -0.15) is 0 Å². The maximum atomic E-state index is 5.86. The maximum absolute atomic E-state index is 5.86. The molecule has 0 atom stereocenters. The van der Waals surface area contributed by atoms with Crippen LogP contribution in [-0.2, 0) is 0 Å². The van der Waals surface area contributed by atoms with Crippen LogP contribution in [0.4, 0.5) is 5.69 Å².